The minimum absolute atomic E-state index is 0.427. The molecule has 0 atom stereocenters. The Hall–Kier alpha value is -1.30. The number of alkyl halides is 2. The van der Waals surface area contributed by atoms with Gasteiger partial charge in [-0.25, -0.2) is 18.7 Å². The van der Waals surface area contributed by atoms with Gasteiger partial charge in [-0.1, -0.05) is 0 Å². The van der Waals surface area contributed by atoms with Gasteiger partial charge in [0.1, 0.15) is 10.6 Å². The van der Waals surface area contributed by atoms with Crippen LogP contribution < -0.4 is 5.32 Å². The van der Waals surface area contributed by atoms with E-state index >= 15 is 0 Å². The predicted molar refractivity (Wildman–Crippen MR) is 51.9 cm³/mol. The van der Waals surface area contributed by atoms with Crippen molar-refractivity contribution in [1.29, 1.82) is 0 Å². The summed E-state index contributed by atoms with van der Waals surface area (Å²) in [7, 11) is 1.65. The first-order valence-corrected chi connectivity index (χ1v) is 4.81. The van der Waals surface area contributed by atoms with Crippen LogP contribution in [0.3, 0.4) is 0 Å². The molecule has 0 aliphatic carbocycles. The van der Waals surface area contributed by atoms with Gasteiger partial charge in [-0.2, -0.15) is 0 Å². The summed E-state index contributed by atoms with van der Waals surface area (Å²) >= 11 is 1.32. The molecule has 1 N–H and O–H groups in total. The van der Waals surface area contributed by atoms with Crippen molar-refractivity contribution in [2.24, 2.45) is 0 Å². The average Bonchev–Trinajstić information content (AvgIpc) is 2.63. The zero-order valence-corrected chi connectivity index (χ0v) is 8.11. The Morgan fingerprint density at radius 2 is 2.21 bits per heavy atom. The smallest absolute Gasteiger partial charge is 0.297 e. The highest BCUT2D eigenvalue weighted by molar-refractivity contribution is 7.16. The third kappa shape index (κ3) is 1.41. The summed E-state index contributed by atoms with van der Waals surface area (Å²) < 4.78 is 24.7. The first-order valence-electron chi connectivity index (χ1n) is 3.93. The van der Waals surface area contributed by atoms with Gasteiger partial charge in [0.25, 0.3) is 6.43 Å². The van der Waals surface area contributed by atoms with Crippen molar-refractivity contribution in [2.75, 3.05) is 12.4 Å². The quantitative estimate of drug-likeness (QED) is 0.836. The van der Waals surface area contributed by atoms with Crippen LogP contribution in [0.4, 0.5) is 14.6 Å². The first kappa shape index (κ1) is 9.26. The van der Waals surface area contributed by atoms with Crippen molar-refractivity contribution in [3.05, 3.63) is 17.3 Å². The number of rotatable bonds is 2. The summed E-state index contributed by atoms with van der Waals surface area (Å²) in [6.45, 7) is 0. The molecule has 6 heteroatoms. The molecule has 0 bridgehead atoms. The maximum Gasteiger partial charge on any atom is 0.297 e. The number of nitrogens with zero attached hydrogens (tertiary/aromatic N) is 2. The molecule has 0 radical (unpaired) electrons. The Labute approximate surface area is 82.8 Å². The lowest BCUT2D eigenvalue weighted by atomic mass is 10.4. The first-order chi connectivity index (χ1) is 6.72. The van der Waals surface area contributed by atoms with Crippen LogP contribution in [0.2, 0.25) is 0 Å². The number of halogens is 2. The molecule has 0 aromatic carbocycles. The fraction of sp³-hybridized carbons (Fsp3) is 0.250. The number of nitrogens with one attached hydrogen (secondary N) is 1. The molecule has 2 rings (SSSR count). The Morgan fingerprint density at radius 3 is 2.86 bits per heavy atom. The molecule has 0 aliphatic heterocycles. The van der Waals surface area contributed by atoms with E-state index < -0.39 is 12.2 Å². The Morgan fingerprint density at radius 1 is 1.43 bits per heavy atom. The molecule has 2 heterocycles. The highest BCUT2D eigenvalue weighted by Gasteiger charge is 2.14. The van der Waals surface area contributed by atoms with Gasteiger partial charge in [0.05, 0.1) is 5.39 Å². The molecule has 0 aliphatic rings. The van der Waals surface area contributed by atoms with E-state index in [-0.39, 0.29) is 0 Å². The molecule has 3 nitrogen and oxygen atoms in total. The summed E-state index contributed by atoms with van der Waals surface area (Å²) in [4.78, 5) is 8.07. The summed E-state index contributed by atoms with van der Waals surface area (Å²) in [6, 6.07) is 1.81. The van der Waals surface area contributed by atoms with Crippen LogP contribution in [0.5, 0.6) is 0 Å². The van der Waals surface area contributed by atoms with Gasteiger partial charge in [0.2, 0.25) is 0 Å². The van der Waals surface area contributed by atoms with Crippen LogP contribution in [0.1, 0.15) is 12.2 Å². The summed E-state index contributed by atoms with van der Waals surface area (Å²) in [5.74, 6) is 0.0239. The molecule has 2 aromatic rings. The zero-order chi connectivity index (χ0) is 10.1. The molecule has 14 heavy (non-hydrogen) atoms. The molecule has 0 spiro atoms. The van der Waals surface area contributed by atoms with Crippen molar-refractivity contribution in [1.82, 2.24) is 9.97 Å². The molecule has 2 aromatic heterocycles. The Bertz CT molecular complexity index is 455. The lowest BCUT2D eigenvalue weighted by Crippen LogP contribution is -2.00. The van der Waals surface area contributed by atoms with Gasteiger partial charge in [0, 0.05) is 7.05 Å². The molecule has 0 amide bonds. The number of aromatic nitrogens is 2. The van der Waals surface area contributed by atoms with Crippen LogP contribution in [0.15, 0.2) is 11.4 Å². The molecule has 0 fully saturated rings. The van der Waals surface area contributed by atoms with Crippen molar-refractivity contribution >= 4 is 27.4 Å². The largest absolute Gasteiger partial charge is 0.372 e. The van der Waals surface area contributed by atoms with E-state index in [2.05, 4.69) is 15.3 Å². The van der Waals surface area contributed by atoms with Crippen molar-refractivity contribution in [3.8, 4) is 0 Å². The maximum absolute atomic E-state index is 12.4. The number of hydrogen-bond acceptors (Lipinski definition) is 4. The van der Waals surface area contributed by atoms with E-state index in [0.717, 1.165) is 5.39 Å². The Balaban J connectivity index is 2.67. The van der Waals surface area contributed by atoms with Gasteiger partial charge in [-0.15, -0.1) is 11.3 Å². The maximum atomic E-state index is 12.4. The number of hydrogen-bond donors (Lipinski definition) is 1. The standard InChI is InChI=1S/C8H7F2N3S/c1-11-6-4-2-3-14-8(4)13-7(12-6)5(9)10/h2-3,5H,1H3,(H,11,12,13). The van der Waals surface area contributed by atoms with Crippen molar-refractivity contribution in [2.45, 2.75) is 6.43 Å². The van der Waals surface area contributed by atoms with E-state index in [1.807, 2.05) is 0 Å². The number of anilines is 1. The van der Waals surface area contributed by atoms with E-state index in [4.69, 9.17) is 0 Å². The van der Waals surface area contributed by atoms with Crippen LogP contribution in [0, 0.1) is 0 Å². The minimum Gasteiger partial charge on any atom is -0.372 e. The summed E-state index contributed by atoms with van der Waals surface area (Å²) in [5, 5.41) is 5.35. The SMILES string of the molecule is CNc1nc(C(F)F)nc2sccc12. The lowest BCUT2D eigenvalue weighted by molar-refractivity contribution is 0.141. The second kappa shape index (κ2) is 3.45. The zero-order valence-electron chi connectivity index (χ0n) is 7.29. The van der Waals surface area contributed by atoms with Gasteiger partial charge in [-0.3, -0.25) is 0 Å². The van der Waals surface area contributed by atoms with Crippen molar-refractivity contribution < 1.29 is 8.78 Å². The highest BCUT2D eigenvalue weighted by Crippen LogP contribution is 2.27. The third-order valence-electron chi connectivity index (χ3n) is 1.77. The van der Waals surface area contributed by atoms with Crippen LogP contribution in [-0.4, -0.2) is 17.0 Å². The molecular weight excluding hydrogens is 208 g/mol. The third-order valence-corrected chi connectivity index (χ3v) is 2.58. The lowest BCUT2D eigenvalue weighted by Gasteiger charge is -2.03. The van der Waals surface area contributed by atoms with Crippen molar-refractivity contribution in [3.63, 3.8) is 0 Å². The molecule has 0 saturated carbocycles. The van der Waals surface area contributed by atoms with Gasteiger partial charge < -0.3 is 5.32 Å². The minimum atomic E-state index is -2.63. The number of thiophene rings is 1. The average molecular weight is 215 g/mol. The summed E-state index contributed by atoms with van der Waals surface area (Å²) in [6.07, 6.45) is -2.63. The molecule has 74 valence electrons. The fourth-order valence-electron chi connectivity index (χ4n) is 1.16. The molecule has 0 saturated heterocycles. The second-order valence-electron chi connectivity index (χ2n) is 2.62. The number of fused-ring (bicyclic) bond motifs is 1. The fourth-order valence-corrected chi connectivity index (χ4v) is 1.93. The van der Waals surface area contributed by atoms with Crippen LogP contribution >= 0.6 is 11.3 Å². The van der Waals surface area contributed by atoms with Crippen LogP contribution in [0.25, 0.3) is 10.2 Å². The van der Waals surface area contributed by atoms with E-state index in [0.29, 0.717) is 10.6 Å². The van der Waals surface area contributed by atoms with Gasteiger partial charge in [0.15, 0.2) is 5.82 Å². The highest BCUT2D eigenvalue weighted by atomic mass is 32.1. The molecular formula is C8H7F2N3S. The van der Waals surface area contributed by atoms with E-state index in [1.165, 1.54) is 11.3 Å². The normalized spacial score (nSPS) is 11.1. The topological polar surface area (TPSA) is 37.8 Å². The van der Waals surface area contributed by atoms with Gasteiger partial charge >= 0.3 is 0 Å². The Kier molecular flexibility index (Phi) is 2.28. The predicted octanol–water partition coefficient (Wildman–Crippen LogP) is 2.67. The summed E-state index contributed by atoms with van der Waals surface area (Å²) in [5.41, 5.74) is 0. The second-order valence-corrected chi connectivity index (χ2v) is 3.52. The monoisotopic (exact) mass is 215 g/mol. The van der Waals surface area contributed by atoms with Crippen LogP contribution in [-0.2, 0) is 0 Å². The van der Waals surface area contributed by atoms with E-state index in [9.17, 15) is 8.78 Å². The van der Waals surface area contributed by atoms with E-state index in [1.54, 1.807) is 18.5 Å². The molecule has 0 unspecified atom stereocenters. The van der Waals surface area contributed by atoms with Gasteiger partial charge in [-0.05, 0) is 11.4 Å².